The average molecular weight is 350 g/mol. The van der Waals surface area contributed by atoms with Crippen molar-refractivity contribution in [2.75, 3.05) is 18.4 Å². The Kier molecular flexibility index (Phi) is 4.84. The molecule has 2 N–H and O–H groups in total. The molecule has 1 aliphatic heterocycles. The Hall–Kier alpha value is -2.86. The lowest BCUT2D eigenvalue weighted by atomic mass is 9.96. The number of H-pyrrole nitrogens is 1. The van der Waals surface area contributed by atoms with Crippen molar-refractivity contribution in [3.8, 4) is 11.3 Å². The van der Waals surface area contributed by atoms with Gasteiger partial charge in [-0.15, -0.1) is 0 Å². The van der Waals surface area contributed by atoms with Crippen molar-refractivity contribution >= 4 is 11.6 Å². The summed E-state index contributed by atoms with van der Waals surface area (Å²) >= 11 is 0. The summed E-state index contributed by atoms with van der Waals surface area (Å²) in [6, 6.07) is 11.7. The molecule has 1 amide bonds. The van der Waals surface area contributed by atoms with E-state index in [0.29, 0.717) is 0 Å². The second kappa shape index (κ2) is 7.58. The fourth-order valence-corrected chi connectivity index (χ4v) is 3.45. The van der Waals surface area contributed by atoms with Gasteiger partial charge in [0.2, 0.25) is 5.91 Å². The first-order valence-corrected chi connectivity index (χ1v) is 8.92. The number of benzene rings is 1. The molecule has 0 spiro atoms. The van der Waals surface area contributed by atoms with E-state index in [2.05, 4.69) is 20.4 Å². The second-order valence-corrected chi connectivity index (χ2v) is 6.74. The van der Waals surface area contributed by atoms with Crippen LogP contribution >= 0.6 is 0 Å². The van der Waals surface area contributed by atoms with Crippen molar-refractivity contribution in [1.82, 2.24) is 15.1 Å². The summed E-state index contributed by atoms with van der Waals surface area (Å²) in [6.07, 6.45) is 7.15. The lowest BCUT2D eigenvalue weighted by molar-refractivity contribution is -0.121. The van der Waals surface area contributed by atoms with Gasteiger partial charge in [-0.05, 0) is 49.2 Å². The first kappa shape index (κ1) is 16.6. The Morgan fingerprint density at radius 3 is 2.88 bits per heavy atom. The molecule has 1 unspecified atom stereocenters. The van der Waals surface area contributed by atoms with Gasteiger partial charge in [0.1, 0.15) is 0 Å². The van der Waals surface area contributed by atoms with Gasteiger partial charge in [0.15, 0.2) is 0 Å². The van der Waals surface area contributed by atoms with E-state index in [1.807, 2.05) is 36.4 Å². The van der Waals surface area contributed by atoms with Gasteiger partial charge in [-0.25, -0.2) is 0 Å². The zero-order valence-electron chi connectivity index (χ0n) is 14.5. The lowest BCUT2D eigenvalue weighted by Crippen LogP contribution is -2.40. The number of nitrogens with one attached hydrogen (secondary N) is 2. The van der Waals surface area contributed by atoms with Crippen molar-refractivity contribution in [3.63, 3.8) is 0 Å². The Morgan fingerprint density at radius 2 is 2.15 bits per heavy atom. The normalized spacial score (nSPS) is 17.9. The number of likely N-dealkylation sites (tertiary alicyclic amines) is 1. The fraction of sp³-hybridized carbons (Fsp3) is 0.300. The summed E-state index contributed by atoms with van der Waals surface area (Å²) in [5, 5.41) is 9.95. The summed E-state index contributed by atoms with van der Waals surface area (Å²) in [6.45, 7) is 2.64. The minimum absolute atomic E-state index is 0.0166. The molecule has 1 saturated heterocycles. The maximum absolute atomic E-state index is 12.7. The molecule has 6 nitrogen and oxygen atoms in total. The van der Waals surface area contributed by atoms with Crippen LogP contribution in [-0.4, -0.2) is 34.1 Å². The average Bonchev–Trinajstić information content (AvgIpc) is 3.36. The predicted octanol–water partition coefficient (Wildman–Crippen LogP) is 3.52. The van der Waals surface area contributed by atoms with Gasteiger partial charge < -0.3 is 9.73 Å². The predicted molar refractivity (Wildman–Crippen MR) is 99.4 cm³/mol. The summed E-state index contributed by atoms with van der Waals surface area (Å²) in [5.41, 5.74) is 3.99. The van der Waals surface area contributed by atoms with Crippen LogP contribution in [0.4, 0.5) is 5.69 Å². The smallest absolute Gasteiger partial charge is 0.228 e. The highest BCUT2D eigenvalue weighted by Gasteiger charge is 2.26. The molecule has 1 atom stereocenters. The lowest BCUT2D eigenvalue weighted by Gasteiger charge is -2.31. The molecule has 1 aliphatic rings. The number of anilines is 1. The van der Waals surface area contributed by atoms with Crippen LogP contribution in [0.3, 0.4) is 0 Å². The van der Waals surface area contributed by atoms with Gasteiger partial charge in [0.05, 0.1) is 24.1 Å². The molecular formula is C20H22N4O2. The Bertz CT molecular complexity index is 825. The Morgan fingerprint density at radius 1 is 1.27 bits per heavy atom. The molecular weight excluding hydrogens is 328 g/mol. The number of piperidine rings is 1. The Balaban J connectivity index is 1.35. The number of aromatic nitrogens is 2. The first-order valence-electron chi connectivity index (χ1n) is 8.92. The van der Waals surface area contributed by atoms with E-state index in [4.69, 9.17) is 4.42 Å². The first-order chi connectivity index (χ1) is 12.8. The number of carbonyl (C=O) groups is 1. The molecule has 2 aromatic heterocycles. The molecule has 1 fully saturated rings. The van der Waals surface area contributed by atoms with E-state index in [0.717, 1.165) is 55.0 Å². The molecule has 0 aliphatic carbocycles. The molecule has 134 valence electrons. The maximum Gasteiger partial charge on any atom is 0.228 e. The van der Waals surface area contributed by atoms with Crippen LogP contribution in [-0.2, 0) is 11.3 Å². The maximum atomic E-state index is 12.7. The number of furan rings is 1. The van der Waals surface area contributed by atoms with Crippen LogP contribution in [0, 0.1) is 5.92 Å². The minimum atomic E-state index is 0.0166. The fourth-order valence-electron chi connectivity index (χ4n) is 3.45. The van der Waals surface area contributed by atoms with E-state index in [-0.39, 0.29) is 11.8 Å². The molecule has 0 radical (unpaired) electrons. The number of carbonyl (C=O) groups excluding carboxylic acids is 1. The molecule has 6 heteroatoms. The molecule has 1 aromatic carbocycles. The van der Waals surface area contributed by atoms with Crippen molar-refractivity contribution in [2.24, 2.45) is 5.92 Å². The highest BCUT2D eigenvalue weighted by Crippen LogP contribution is 2.22. The quantitative estimate of drug-likeness (QED) is 0.738. The van der Waals surface area contributed by atoms with Gasteiger partial charge in [-0.3, -0.25) is 14.8 Å². The zero-order chi connectivity index (χ0) is 17.8. The van der Waals surface area contributed by atoms with Crippen molar-refractivity contribution in [2.45, 2.75) is 19.4 Å². The molecule has 4 rings (SSSR count). The van der Waals surface area contributed by atoms with E-state index in [1.54, 1.807) is 18.7 Å². The van der Waals surface area contributed by atoms with Crippen LogP contribution < -0.4 is 5.32 Å². The van der Waals surface area contributed by atoms with E-state index in [9.17, 15) is 4.79 Å². The number of aromatic amines is 1. The van der Waals surface area contributed by atoms with Crippen molar-refractivity contribution in [1.29, 1.82) is 0 Å². The highest BCUT2D eigenvalue weighted by atomic mass is 16.3. The molecule has 26 heavy (non-hydrogen) atoms. The van der Waals surface area contributed by atoms with Gasteiger partial charge in [-0.1, -0.05) is 12.1 Å². The van der Waals surface area contributed by atoms with Crippen LogP contribution in [0.5, 0.6) is 0 Å². The van der Waals surface area contributed by atoms with E-state index < -0.39 is 0 Å². The highest BCUT2D eigenvalue weighted by molar-refractivity contribution is 5.93. The molecule has 3 aromatic rings. The summed E-state index contributed by atoms with van der Waals surface area (Å²) in [7, 11) is 0. The minimum Gasteiger partial charge on any atom is -0.472 e. The van der Waals surface area contributed by atoms with E-state index >= 15 is 0 Å². The molecule has 0 bridgehead atoms. The number of rotatable bonds is 5. The zero-order valence-corrected chi connectivity index (χ0v) is 14.5. The summed E-state index contributed by atoms with van der Waals surface area (Å²) in [5.74, 6) is 0.110. The van der Waals surface area contributed by atoms with Crippen molar-refractivity contribution in [3.05, 3.63) is 60.7 Å². The van der Waals surface area contributed by atoms with Crippen LogP contribution in [0.2, 0.25) is 0 Å². The largest absolute Gasteiger partial charge is 0.472 e. The van der Waals surface area contributed by atoms with Gasteiger partial charge in [-0.2, -0.15) is 5.10 Å². The third kappa shape index (κ3) is 3.86. The number of hydrogen-bond acceptors (Lipinski definition) is 4. The topological polar surface area (TPSA) is 74.2 Å². The third-order valence-corrected chi connectivity index (χ3v) is 4.83. The number of amides is 1. The number of nitrogens with zero attached hydrogens (tertiary/aromatic N) is 2. The van der Waals surface area contributed by atoms with Crippen molar-refractivity contribution < 1.29 is 9.21 Å². The van der Waals surface area contributed by atoms with Gasteiger partial charge in [0.25, 0.3) is 0 Å². The summed E-state index contributed by atoms with van der Waals surface area (Å²) < 4.78 is 5.13. The van der Waals surface area contributed by atoms with Gasteiger partial charge in [0, 0.05) is 30.5 Å². The Labute approximate surface area is 152 Å². The second-order valence-electron chi connectivity index (χ2n) is 6.74. The molecule has 3 heterocycles. The van der Waals surface area contributed by atoms with Crippen LogP contribution in [0.1, 0.15) is 18.4 Å². The monoisotopic (exact) mass is 350 g/mol. The standard InChI is InChI=1S/C20H22N4O2/c25-20(17-2-1-10-24(13-17)12-15-8-11-26-14-15)22-18-5-3-16(4-6-18)19-7-9-21-23-19/h3-9,11,14,17H,1-2,10,12-13H2,(H,21,23)(H,22,25). The summed E-state index contributed by atoms with van der Waals surface area (Å²) in [4.78, 5) is 15.0. The molecule has 0 saturated carbocycles. The van der Waals surface area contributed by atoms with Crippen LogP contribution in [0.15, 0.2) is 59.5 Å². The number of hydrogen-bond donors (Lipinski definition) is 2. The van der Waals surface area contributed by atoms with E-state index in [1.165, 1.54) is 0 Å². The SMILES string of the molecule is O=C(Nc1ccc(-c2ccn[nH]2)cc1)C1CCCN(Cc2ccoc2)C1. The van der Waals surface area contributed by atoms with Crippen LogP contribution in [0.25, 0.3) is 11.3 Å². The van der Waals surface area contributed by atoms with Gasteiger partial charge >= 0.3 is 0 Å². The third-order valence-electron chi connectivity index (χ3n) is 4.83.